The summed E-state index contributed by atoms with van der Waals surface area (Å²) in [5.74, 6) is -0.539. The fourth-order valence-electron chi connectivity index (χ4n) is 3.51. The maximum absolute atomic E-state index is 12.4. The highest BCUT2D eigenvalue weighted by atomic mass is 16.7. The van der Waals surface area contributed by atoms with Crippen LogP contribution in [0.2, 0.25) is 0 Å². The van der Waals surface area contributed by atoms with Crippen LogP contribution in [-0.2, 0) is 9.47 Å². The number of benzene rings is 1. The molecule has 1 atom stereocenters. The summed E-state index contributed by atoms with van der Waals surface area (Å²) in [5, 5.41) is 13.4. The molecule has 1 aromatic heterocycles. The lowest BCUT2D eigenvalue weighted by atomic mass is 9.89. The summed E-state index contributed by atoms with van der Waals surface area (Å²) in [5.41, 5.74) is 1.55. The number of ether oxygens (including phenoxy) is 2. The quantitative estimate of drug-likeness (QED) is 0.877. The second-order valence-corrected chi connectivity index (χ2v) is 6.44. The molecule has 1 aliphatic heterocycles. The van der Waals surface area contributed by atoms with Crippen molar-refractivity contribution in [2.75, 3.05) is 18.5 Å². The number of carbonyl (C=O) groups is 1. The molecule has 1 aliphatic carbocycles. The lowest BCUT2D eigenvalue weighted by Crippen LogP contribution is -2.56. The van der Waals surface area contributed by atoms with E-state index in [0.717, 1.165) is 31.2 Å². The average Bonchev–Trinajstić information content (AvgIpc) is 3.14. The van der Waals surface area contributed by atoms with Gasteiger partial charge in [-0.25, -0.2) is 9.78 Å². The summed E-state index contributed by atoms with van der Waals surface area (Å²) < 4.78 is 11.6. The number of hydrogen-bond acceptors (Lipinski definition) is 6. The van der Waals surface area contributed by atoms with Crippen molar-refractivity contribution in [2.24, 2.45) is 0 Å². The van der Waals surface area contributed by atoms with Crippen LogP contribution < -0.4 is 10.6 Å². The smallest absolute Gasteiger partial charge is 0.322 e. The molecule has 1 aromatic carbocycles. The summed E-state index contributed by atoms with van der Waals surface area (Å²) in [6.45, 7) is 1.12. The Morgan fingerprint density at radius 2 is 1.96 bits per heavy atom. The highest BCUT2D eigenvalue weighted by Gasteiger charge is 2.46. The third-order valence-corrected chi connectivity index (χ3v) is 4.73. The van der Waals surface area contributed by atoms with Crippen LogP contribution >= 0.6 is 0 Å². The number of carbonyl (C=O) groups excluding carboxylic acids is 1. The van der Waals surface area contributed by atoms with E-state index in [0.29, 0.717) is 18.9 Å². The number of amides is 2. The maximum Gasteiger partial charge on any atom is 0.322 e. The number of nitrogens with zero attached hydrogens (tertiary/aromatic N) is 3. The Bertz CT molecular complexity index is 764. The lowest BCUT2D eigenvalue weighted by Gasteiger charge is -2.39. The summed E-state index contributed by atoms with van der Waals surface area (Å²) in [4.78, 5) is 16.8. The van der Waals surface area contributed by atoms with Crippen LogP contribution in [0.25, 0.3) is 11.3 Å². The molecule has 2 fully saturated rings. The highest BCUT2D eigenvalue weighted by Crippen LogP contribution is 2.36. The van der Waals surface area contributed by atoms with Gasteiger partial charge in [-0.05, 0) is 12.8 Å². The van der Waals surface area contributed by atoms with E-state index in [1.807, 2.05) is 30.3 Å². The molecule has 26 heavy (non-hydrogen) atoms. The third-order valence-electron chi connectivity index (χ3n) is 4.73. The first kappa shape index (κ1) is 16.9. The summed E-state index contributed by atoms with van der Waals surface area (Å²) in [6, 6.07) is 9.04. The van der Waals surface area contributed by atoms with Crippen LogP contribution in [0.1, 0.15) is 25.7 Å². The number of aromatic nitrogens is 3. The number of rotatable bonds is 3. The zero-order valence-electron chi connectivity index (χ0n) is 14.4. The molecule has 136 valence electrons. The van der Waals surface area contributed by atoms with Crippen LogP contribution in [0.4, 0.5) is 10.7 Å². The van der Waals surface area contributed by atoms with Crippen LogP contribution in [-0.4, -0.2) is 46.3 Å². The normalized spacial score (nSPS) is 21.5. The predicted octanol–water partition coefficient (Wildman–Crippen LogP) is 2.35. The molecule has 1 saturated carbocycles. The molecule has 4 rings (SSSR count). The number of hydrogen-bond donors (Lipinski definition) is 2. The van der Waals surface area contributed by atoms with Gasteiger partial charge < -0.3 is 14.8 Å². The molecule has 2 amide bonds. The van der Waals surface area contributed by atoms with Gasteiger partial charge >= 0.3 is 6.03 Å². The zero-order chi connectivity index (χ0) is 17.8. The van der Waals surface area contributed by atoms with Crippen LogP contribution in [0, 0.1) is 0 Å². The molecule has 0 radical (unpaired) electrons. The van der Waals surface area contributed by atoms with Crippen molar-refractivity contribution >= 4 is 12.0 Å². The van der Waals surface area contributed by atoms with E-state index >= 15 is 0 Å². The Hall–Kier alpha value is -2.58. The van der Waals surface area contributed by atoms with Crippen molar-refractivity contribution < 1.29 is 14.3 Å². The van der Waals surface area contributed by atoms with Crippen molar-refractivity contribution in [3.63, 3.8) is 0 Å². The summed E-state index contributed by atoms with van der Waals surface area (Å²) in [7, 11) is 0. The van der Waals surface area contributed by atoms with Crippen molar-refractivity contribution in [3.05, 3.63) is 36.5 Å². The first-order valence-corrected chi connectivity index (χ1v) is 8.86. The lowest BCUT2D eigenvalue weighted by molar-refractivity contribution is -0.192. The zero-order valence-corrected chi connectivity index (χ0v) is 14.4. The van der Waals surface area contributed by atoms with Crippen molar-refractivity contribution in [2.45, 2.75) is 37.5 Å². The van der Waals surface area contributed by atoms with Crippen LogP contribution in [0.3, 0.4) is 0 Å². The minimum atomic E-state index is -0.694. The van der Waals surface area contributed by atoms with Gasteiger partial charge in [0.1, 0.15) is 0 Å². The molecule has 1 unspecified atom stereocenters. The molecule has 2 aliphatic rings. The highest BCUT2D eigenvalue weighted by molar-refractivity contribution is 5.87. The standard InChI is InChI=1S/C18H21N5O3/c24-17(21-15-8-4-5-9-18(15)25-10-11-26-18)22-16-20-14(12-19-23-16)13-6-2-1-3-7-13/h1-3,6-7,12,15H,4-5,8-11H2,(H2,20,21,22,23,24). The second kappa shape index (κ2) is 7.35. The van der Waals surface area contributed by atoms with E-state index in [1.54, 1.807) is 6.20 Å². The fraction of sp³-hybridized carbons (Fsp3) is 0.444. The average molecular weight is 355 g/mol. The largest absolute Gasteiger partial charge is 0.346 e. The maximum atomic E-state index is 12.4. The first-order chi connectivity index (χ1) is 12.8. The molecule has 8 heteroatoms. The Morgan fingerprint density at radius 1 is 1.15 bits per heavy atom. The predicted molar refractivity (Wildman–Crippen MR) is 94.3 cm³/mol. The van der Waals surface area contributed by atoms with Crippen molar-refractivity contribution in [1.82, 2.24) is 20.5 Å². The minimum absolute atomic E-state index is 0.155. The minimum Gasteiger partial charge on any atom is -0.346 e. The van der Waals surface area contributed by atoms with Gasteiger partial charge in [0, 0.05) is 12.0 Å². The van der Waals surface area contributed by atoms with Gasteiger partial charge in [0.05, 0.1) is 31.1 Å². The molecule has 1 spiro atoms. The Balaban J connectivity index is 1.43. The van der Waals surface area contributed by atoms with Gasteiger partial charge in [0.25, 0.3) is 5.95 Å². The van der Waals surface area contributed by atoms with E-state index < -0.39 is 5.79 Å². The monoisotopic (exact) mass is 355 g/mol. The molecular weight excluding hydrogens is 334 g/mol. The second-order valence-electron chi connectivity index (χ2n) is 6.44. The van der Waals surface area contributed by atoms with Gasteiger partial charge in [-0.15, -0.1) is 5.10 Å². The molecule has 1 saturated heterocycles. The molecular formula is C18H21N5O3. The Morgan fingerprint density at radius 3 is 2.77 bits per heavy atom. The van der Waals surface area contributed by atoms with E-state index in [2.05, 4.69) is 25.8 Å². The van der Waals surface area contributed by atoms with E-state index in [1.165, 1.54) is 0 Å². The topological polar surface area (TPSA) is 98.3 Å². The number of urea groups is 1. The van der Waals surface area contributed by atoms with Gasteiger partial charge in [0.15, 0.2) is 5.79 Å². The number of anilines is 1. The Labute approximate surface area is 151 Å². The van der Waals surface area contributed by atoms with Crippen LogP contribution in [0.5, 0.6) is 0 Å². The number of nitrogens with one attached hydrogen (secondary N) is 2. The van der Waals surface area contributed by atoms with Gasteiger partial charge in [-0.3, -0.25) is 5.32 Å². The van der Waals surface area contributed by atoms with E-state index in [4.69, 9.17) is 9.47 Å². The Kier molecular flexibility index (Phi) is 4.77. The van der Waals surface area contributed by atoms with Crippen molar-refractivity contribution in [3.8, 4) is 11.3 Å². The molecule has 2 N–H and O–H groups in total. The molecule has 0 bridgehead atoms. The van der Waals surface area contributed by atoms with Gasteiger partial charge in [0.2, 0.25) is 0 Å². The van der Waals surface area contributed by atoms with Gasteiger partial charge in [-0.1, -0.05) is 36.8 Å². The molecule has 2 aromatic rings. The van der Waals surface area contributed by atoms with Crippen LogP contribution in [0.15, 0.2) is 36.5 Å². The molecule has 2 heterocycles. The first-order valence-electron chi connectivity index (χ1n) is 8.86. The van der Waals surface area contributed by atoms with Crippen molar-refractivity contribution in [1.29, 1.82) is 0 Å². The third kappa shape index (κ3) is 3.51. The summed E-state index contributed by atoms with van der Waals surface area (Å²) in [6.07, 6.45) is 5.23. The SMILES string of the molecule is O=C(Nc1nncc(-c2ccccc2)n1)NC1CCCCC12OCCO2. The molecule has 8 nitrogen and oxygen atoms in total. The van der Waals surface area contributed by atoms with E-state index in [9.17, 15) is 4.79 Å². The van der Waals surface area contributed by atoms with E-state index in [-0.39, 0.29) is 18.0 Å². The fourth-order valence-corrected chi connectivity index (χ4v) is 3.51. The summed E-state index contributed by atoms with van der Waals surface area (Å²) >= 11 is 0. The van der Waals surface area contributed by atoms with Gasteiger partial charge in [-0.2, -0.15) is 5.10 Å².